The van der Waals surface area contributed by atoms with Crippen LogP contribution in [0.2, 0.25) is 0 Å². The maximum Gasteiger partial charge on any atom is 0.326 e. The average molecular weight is 432 g/mol. The minimum atomic E-state index is -0.0156. The molecule has 3 N–H and O–H groups in total. The number of aryl methyl sites for hydroxylation is 3. The Morgan fingerprint density at radius 3 is 2.59 bits per heavy atom. The predicted molar refractivity (Wildman–Crippen MR) is 126 cm³/mol. The first kappa shape index (κ1) is 20.6. The van der Waals surface area contributed by atoms with Crippen molar-refractivity contribution in [1.82, 2.24) is 24.4 Å². The average Bonchev–Trinajstić information content (AvgIpc) is 3.29. The second kappa shape index (κ2) is 7.98. The van der Waals surface area contributed by atoms with Gasteiger partial charge in [0.2, 0.25) is 0 Å². The molecule has 1 aliphatic rings. The van der Waals surface area contributed by atoms with Gasteiger partial charge in [-0.2, -0.15) is 0 Å². The fraction of sp³-hybridized carbons (Fsp3) is 0.360. The molecule has 0 unspecified atom stereocenters. The molecule has 7 nitrogen and oxygen atoms in total. The number of fused-ring (bicyclic) bond motifs is 1. The van der Waals surface area contributed by atoms with E-state index in [9.17, 15) is 9.90 Å². The van der Waals surface area contributed by atoms with Crippen LogP contribution in [0.4, 0.5) is 0 Å². The van der Waals surface area contributed by atoms with Crippen molar-refractivity contribution < 1.29 is 5.11 Å². The van der Waals surface area contributed by atoms with Crippen molar-refractivity contribution in [1.29, 1.82) is 0 Å². The fourth-order valence-corrected chi connectivity index (χ4v) is 4.70. The molecule has 7 heteroatoms. The van der Waals surface area contributed by atoms with E-state index in [1.54, 1.807) is 6.07 Å². The molecule has 0 aliphatic carbocycles. The third-order valence-corrected chi connectivity index (χ3v) is 6.64. The summed E-state index contributed by atoms with van der Waals surface area (Å²) in [5.41, 5.74) is 6.85. The Balaban J connectivity index is 1.29. The molecule has 0 radical (unpaired) electrons. The Morgan fingerprint density at radius 2 is 1.84 bits per heavy atom. The third-order valence-electron chi connectivity index (χ3n) is 6.64. The summed E-state index contributed by atoms with van der Waals surface area (Å²) in [4.78, 5) is 26.2. The first-order valence-electron chi connectivity index (χ1n) is 11.2. The Morgan fingerprint density at radius 1 is 1.06 bits per heavy atom. The van der Waals surface area contributed by atoms with Gasteiger partial charge in [-0.3, -0.25) is 9.47 Å². The van der Waals surface area contributed by atoms with Crippen molar-refractivity contribution in [3.63, 3.8) is 0 Å². The Kier molecular flexibility index (Phi) is 5.13. The normalized spacial score (nSPS) is 15.6. The van der Waals surface area contributed by atoms with Gasteiger partial charge < -0.3 is 15.1 Å². The van der Waals surface area contributed by atoms with Crippen molar-refractivity contribution in [3.8, 4) is 17.1 Å². The number of phenolic OH excluding ortho intramolecular Hbond substituents is 1. The lowest BCUT2D eigenvalue weighted by Gasteiger charge is -2.32. The number of nitrogens with zero attached hydrogens (tertiary/aromatic N) is 3. The van der Waals surface area contributed by atoms with Crippen LogP contribution in [0.15, 0.2) is 41.2 Å². The number of imidazole rings is 2. The van der Waals surface area contributed by atoms with Gasteiger partial charge in [0.05, 0.1) is 16.7 Å². The fourth-order valence-electron chi connectivity index (χ4n) is 4.70. The largest absolute Gasteiger partial charge is 0.508 e. The van der Waals surface area contributed by atoms with Crippen LogP contribution in [0.3, 0.4) is 0 Å². The van der Waals surface area contributed by atoms with E-state index < -0.39 is 0 Å². The van der Waals surface area contributed by atoms with Gasteiger partial charge in [0.15, 0.2) is 0 Å². The number of hydrogen-bond acceptors (Lipinski definition) is 4. The smallest absolute Gasteiger partial charge is 0.326 e. The highest BCUT2D eigenvalue weighted by Crippen LogP contribution is 2.28. The molecule has 2 aromatic heterocycles. The van der Waals surface area contributed by atoms with Gasteiger partial charge in [-0.25, -0.2) is 9.78 Å². The number of piperidine rings is 1. The van der Waals surface area contributed by atoms with Crippen molar-refractivity contribution in [2.24, 2.45) is 0 Å². The van der Waals surface area contributed by atoms with E-state index in [0.29, 0.717) is 0 Å². The molecule has 1 saturated heterocycles. The van der Waals surface area contributed by atoms with E-state index in [-0.39, 0.29) is 17.5 Å². The maximum absolute atomic E-state index is 12.6. The summed E-state index contributed by atoms with van der Waals surface area (Å²) in [6.07, 6.45) is 1.87. The SMILES string of the molecule is Cc1ccc2c(c1)[nH]c(=O)n2C1CCN(Cc2nc(-c3ccc(C)c(O)c3)[nH]c2C)CC1. The molecule has 32 heavy (non-hydrogen) atoms. The van der Waals surface area contributed by atoms with Crippen LogP contribution < -0.4 is 5.69 Å². The number of nitrogens with one attached hydrogen (secondary N) is 2. The molecule has 0 saturated carbocycles. The van der Waals surface area contributed by atoms with Crippen LogP contribution in [-0.4, -0.2) is 42.6 Å². The topological polar surface area (TPSA) is 89.9 Å². The lowest BCUT2D eigenvalue weighted by Crippen LogP contribution is -2.36. The third kappa shape index (κ3) is 3.73. The van der Waals surface area contributed by atoms with Gasteiger partial charge >= 0.3 is 5.69 Å². The number of phenols is 1. The molecule has 5 rings (SSSR count). The number of aromatic hydroxyl groups is 1. The van der Waals surface area contributed by atoms with Crippen LogP contribution in [0.5, 0.6) is 5.75 Å². The van der Waals surface area contributed by atoms with E-state index in [1.807, 2.05) is 49.6 Å². The van der Waals surface area contributed by atoms with E-state index >= 15 is 0 Å². The zero-order valence-electron chi connectivity index (χ0n) is 18.8. The van der Waals surface area contributed by atoms with Crippen LogP contribution in [0.25, 0.3) is 22.4 Å². The molecule has 0 atom stereocenters. The first-order chi connectivity index (χ1) is 15.4. The van der Waals surface area contributed by atoms with Gasteiger partial charge in [0.25, 0.3) is 0 Å². The second-order valence-corrected chi connectivity index (χ2v) is 8.99. The zero-order valence-corrected chi connectivity index (χ0v) is 18.8. The van der Waals surface area contributed by atoms with Crippen molar-refractivity contribution in [2.45, 2.75) is 46.2 Å². The molecule has 3 heterocycles. The molecule has 1 fully saturated rings. The summed E-state index contributed by atoms with van der Waals surface area (Å²) in [5, 5.41) is 10.0. The van der Waals surface area contributed by atoms with Crippen LogP contribution in [0.1, 0.15) is 41.4 Å². The minimum absolute atomic E-state index is 0.0156. The van der Waals surface area contributed by atoms with Gasteiger partial charge in [0, 0.05) is 36.9 Å². The molecule has 0 bridgehead atoms. The summed E-state index contributed by atoms with van der Waals surface area (Å²) >= 11 is 0. The summed E-state index contributed by atoms with van der Waals surface area (Å²) in [7, 11) is 0. The molecule has 0 amide bonds. The molecule has 166 valence electrons. The molecule has 0 spiro atoms. The number of aromatic nitrogens is 4. The molecule has 2 aromatic carbocycles. The number of benzene rings is 2. The number of aromatic amines is 2. The van der Waals surface area contributed by atoms with E-state index in [1.165, 1.54) is 0 Å². The van der Waals surface area contributed by atoms with Gasteiger partial charge in [-0.15, -0.1) is 0 Å². The van der Waals surface area contributed by atoms with Crippen LogP contribution in [0, 0.1) is 20.8 Å². The molecule has 4 aromatic rings. The second-order valence-electron chi connectivity index (χ2n) is 8.99. The zero-order chi connectivity index (χ0) is 22.4. The van der Waals surface area contributed by atoms with Crippen LogP contribution >= 0.6 is 0 Å². The van der Waals surface area contributed by atoms with E-state index in [4.69, 9.17) is 4.98 Å². The monoisotopic (exact) mass is 431 g/mol. The summed E-state index contributed by atoms with van der Waals surface area (Å²) < 4.78 is 1.94. The maximum atomic E-state index is 12.6. The van der Waals surface area contributed by atoms with Crippen molar-refractivity contribution in [2.75, 3.05) is 13.1 Å². The van der Waals surface area contributed by atoms with E-state index in [2.05, 4.69) is 20.9 Å². The highest BCUT2D eigenvalue weighted by Gasteiger charge is 2.24. The number of hydrogen-bond donors (Lipinski definition) is 3. The standard InChI is InChI=1S/C25H29N5O2/c1-15-4-7-22-20(12-15)28-25(32)30(22)19-8-10-29(11-9-19)14-21-17(3)26-24(27-21)18-6-5-16(2)23(31)13-18/h4-7,12-13,19,31H,8-11,14H2,1-3H3,(H,26,27)(H,28,32). The summed E-state index contributed by atoms with van der Waals surface area (Å²) in [6.45, 7) is 8.57. The first-order valence-corrected chi connectivity index (χ1v) is 11.2. The Hall–Kier alpha value is -3.32. The quantitative estimate of drug-likeness (QED) is 0.452. The molecular weight excluding hydrogens is 402 g/mol. The van der Waals surface area contributed by atoms with Crippen molar-refractivity contribution in [3.05, 3.63) is 69.4 Å². The minimum Gasteiger partial charge on any atom is -0.508 e. The lowest BCUT2D eigenvalue weighted by atomic mass is 10.0. The number of likely N-dealkylation sites (tertiary alicyclic amines) is 1. The van der Waals surface area contributed by atoms with Gasteiger partial charge in [0.1, 0.15) is 11.6 Å². The van der Waals surface area contributed by atoms with Gasteiger partial charge in [-0.05, 0) is 62.9 Å². The molecule has 1 aliphatic heterocycles. The Bertz CT molecular complexity index is 1340. The highest BCUT2D eigenvalue weighted by molar-refractivity contribution is 5.76. The number of H-pyrrole nitrogens is 2. The number of rotatable bonds is 4. The van der Waals surface area contributed by atoms with Crippen molar-refractivity contribution >= 4 is 11.0 Å². The summed E-state index contributed by atoms with van der Waals surface area (Å²) in [5.74, 6) is 1.06. The Labute approximate surface area is 186 Å². The predicted octanol–water partition coefficient (Wildman–Crippen LogP) is 4.19. The molecular formula is C25H29N5O2. The van der Waals surface area contributed by atoms with Gasteiger partial charge in [-0.1, -0.05) is 18.2 Å². The highest BCUT2D eigenvalue weighted by atomic mass is 16.3. The van der Waals surface area contributed by atoms with Crippen LogP contribution in [-0.2, 0) is 6.54 Å². The van der Waals surface area contributed by atoms with E-state index in [0.717, 1.165) is 77.4 Å². The lowest BCUT2D eigenvalue weighted by molar-refractivity contribution is 0.178. The summed E-state index contributed by atoms with van der Waals surface area (Å²) in [6, 6.07) is 12.0.